The molecule has 10 heteroatoms. The molecule has 4 rings (SSSR count). The van der Waals surface area contributed by atoms with Crippen molar-refractivity contribution in [2.24, 2.45) is 0 Å². The van der Waals surface area contributed by atoms with Gasteiger partial charge >= 0.3 is 6.03 Å². The van der Waals surface area contributed by atoms with Crippen LogP contribution in [0.2, 0.25) is 0 Å². The number of nitrogens with zero attached hydrogens (tertiary/aromatic N) is 4. The zero-order chi connectivity index (χ0) is 22.0. The lowest BCUT2D eigenvalue weighted by Crippen LogP contribution is -2.18. The maximum Gasteiger partial charge on any atom is 0.331 e. The van der Waals surface area contributed by atoms with Gasteiger partial charge in [-0.25, -0.2) is 19.2 Å². The van der Waals surface area contributed by atoms with Crippen molar-refractivity contribution < 1.29 is 18.4 Å². The number of carbonyl (C=O) groups excluding carboxylic acids is 1. The molecule has 9 nitrogen and oxygen atoms in total. The van der Waals surface area contributed by atoms with Crippen LogP contribution in [-0.2, 0) is 6.54 Å². The van der Waals surface area contributed by atoms with Gasteiger partial charge in [0, 0.05) is 30.3 Å². The first kappa shape index (κ1) is 20.2. The number of halogens is 1. The molecular weight excluding hydrogens is 403 g/mol. The number of allylic oxidation sites excluding steroid dienone is 1. The van der Waals surface area contributed by atoms with E-state index in [1.54, 1.807) is 32.2 Å². The first-order chi connectivity index (χ1) is 15.0. The van der Waals surface area contributed by atoms with Crippen LogP contribution in [0.25, 0.3) is 16.5 Å². The van der Waals surface area contributed by atoms with Gasteiger partial charge < -0.3 is 14.6 Å². The van der Waals surface area contributed by atoms with Crippen molar-refractivity contribution in [3.8, 4) is 11.6 Å². The second-order valence-electron chi connectivity index (χ2n) is 6.76. The molecule has 0 bridgehead atoms. The molecule has 1 aromatic carbocycles. The van der Waals surface area contributed by atoms with E-state index in [9.17, 15) is 4.79 Å². The van der Waals surface area contributed by atoms with Crippen LogP contribution in [-0.4, -0.2) is 32.8 Å². The van der Waals surface area contributed by atoms with Crippen molar-refractivity contribution in [2.75, 3.05) is 12.4 Å². The molecule has 2 N–H and O–H groups in total. The Labute approximate surface area is 176 Å². The number of anilines is 1. The van der Waals surface area contributed by atoms with Gasteiger partial charge in [-0.3, -0.25) is 9.88 Å². The third kappa shape index (κ3) is 4.14. The van der Waals surface area contributed by atoms with Crippen LogP contribution in [0.4, 0.5) is 15.0 Å². The van der Waals surface area contributed by atoms with E-state index >= 15 is 4.39 Å². The van der Waals surface area contributed by atoms with Crippen molar-refractivity contribution in [1.82, 2.24) is 25.0 Å². The van der Waals surface area contributed by atoms with Crippen LogP contribution in [0.3, 0.4) is 0 Å². The quantitative estimate of drug-likeness (QED) is 0.480. The molecule has 0 fully saturated rings. The van der Waals surface area contributed by atoms with Crippen LogP contribution >= 0.6 is 0 Å². The Bertz CT molecular complexity index is 1280. The summed E-state index contributed by atoms with van der Waals surface area (Å²) < 4.78 is 27.0. The Morgan fingerprint density at radius 1 is 1.29 bits per heavy atom. The molecule has 0 aliphatic carbocycles. The van der Waals surface area contributed by atoms with E-state index in [0.717, 1.165) is 0 Å². The van der Waals surface area contributed by atoms with Gasteiger partial charge in [-0.15, -0.1) is 0 Å². The highest BCUT2D eigenvalue weighted by atomic mass is 19.1. The first-order valence-electron chi connectivity index (χ1n) is 9.33. The predicted molar refractivity (Wildman–Crippen MR) is 112 cm³/mol. The molecule has 1 amide bonds. The second kappa shape index (κ2) is 8.36. The standard InChI is InChI=1S/C21H19FN6O3/c1-12(2)17-9-18(27-31-17)26-21(29)28-7-6-14-15(28)4-5-16(20(14)22)30-19-8-13(10-23-3)24-11-25-19/h4-9,11,23H,1,10H2,2-3H3,(H,26,27,29). The Morgan fingerprint density at radius 2 is 2.13 bits per heavy atom. The SMILES string of the molecule is C=C(C)c1cc(NC(=O)n2ccc3c(F)c(Oc4cc(CNC)ncn4)ccc32)no1. The summed E-state index contributed by atoms with van der Waals surface area (Å²) in [6.45, 7) is 6.04. The van der Waals surface area contributed by atoms with E-state index in [-0.39, 0.29) is 22.8 Å². The minimum absolute atomic E-state index is 0.0117. The van der Waals surface area contributed by atoms with Crippen molar-refractivity contribution in [3.63, 3.8) is 0 Å². The van der Waals surface area contributed by atoms with Gasteiger partial charge in [-0.1, -0.05) is 11.7 Å². The maximum atomic E-state index is 15.0. The number of hydrogen-bond donors (Lipinski definition) is 2. The Morgan fingerprint density at radius 3 is 2.87 bits per heavy atom. The number of amides is 1. The Kier molecular flexibility index (Phi) is 5.46. The van der Waals surface area contributed by atoms with Gasteiger partial charge in [0.05, 0.1) is 11.2 Å². The summed E-state index contributed by atoms with van der Waals surface area (Å²) in [6.07, 6.45) is 2.81. The topological polar surface area (TPSA) is 107 Å². The fraction of sp³-hybridized carbons (Fsp3) is 0.143. The first-order valence-corrected chi connectivity index (χ1v) is 9.33. The zero-order valence-corrected chi connectivity index (χ0v) is 16.8. The molecule has 3 heterocycles. The molecule has 158 valence electrons. The zero-order valence-electron chi connectivity index (χ0n) is 16.8. The maximum absolute atomic E-state index is 15.0. The Hall–Kier alpha value is -4.05. The summed E-state index contributed by atoms with van der Waals surface area (Å²) in [5.41, 5.74) is 1.75. The largest absolute Gasteiger partial charge is 0.436 e. The van der Waals surface area contributed by atoms with Gasteiger partial charge in [0.1, 0.15) is 6.33 Å². The van der Waals surface area contributed by atoms with E-state index in [4.69, 9.17) is 9.26 Å². The number of ether oxygens (including phenoxy) is 1. The van der Waals surface area contributed by atoms with Gasteiger partial charge in [0.25, 0.3) is 0 Å². The average molecular weight is 422 g/mol. The molecule has 31 heavy (non-hydrogen) atoms. The Balaban J connectivity index is 1.58. The van der Waals surface area contributed by atoms with Crippen molar-refractivity contribution in [1.29, 1.82) is 0 Å². The molecule has 0 unspecified atom stereocenters. The molecule has 0 radical (unpaired) electrons. The summed E-state index contributed by atoms with van der Waals surface area (Å²) in [5.74, 6) is 0.288. The molecule has 0 saturated heterocycles. The fourth-order valence-electron chi connectivity index (χ4n) is 2.94. The highest BCUT2D eigenvalue weighted by molar-refractivity contribution is 5.98. The lowest BCUT2D eigenvalue weighted by molar-refractivity contribution is 0.254. The van der Waals surface area contributed by atoms with Crippen molar-refractivity contribution in [2.45, 2.75) is 13.5 Å². The summed E-state index contributed by atoms with van der Waals surface area (Å²) in [5, 5.41) is 9.57. The number of nitrogens with one attached hydrogen (secondary N) is 2. The highest BCUT2D eigenvalue weighted by Crippen LogP contribution is 2.30. The third-order valence-corrected chi connectivity index (χ3v) is 4.43. The van der Waals surface area contributed by atoms with Crippen LogP contribution < -0.4 is 15.4 Å². The van der Waals surface area contributed by atoms with Gasteiger partial charge in [0.15, 0.2) is 23.1 Å². The molecule has 0 saturated carbocycles. The number of carbonyl (C=O) groups is 1. The van der Waals surface area contributed by atoms with Crippen LogP contribution in [0, 0.1) is 5.82 Å². The summed E-state index contributed by atoms with van der Waals surface area (Å²) in [7, 11) is 1.79. The lowest BCUT2D eigenvalue weighted by Gasteiger charge is -2.09. The van der Waals surface area contributed by atoms with Gasteiger partial charge in [0.2, 0.25) is 5.88 Å². The number of rotatable bonds is 6. The lowest BCUT2D eigenvalue weighted by atomic mass is 10.2. The number of hydrogen-bond acceptors (Lipinski definition) is 7. The van der Waals surface area contributed by atoms with Crippen molar-refractivity contribution >= 4 is 28.3 Å². The number of fused-ring (bicyclic) bond motifs is 1. The van der Waals surface area contributed by atoms with Crippen LogP contribution in [0.15, 0.2) is 54.0 Å². The highest BCUT2D eigenvalue weighted by Gasteiger charge is 2.17. The average Bonchev–Trinajstić information content (AvgIpc) is 3.38. The molecule has 3 aromatic heterocycles. The summed E-state index contributed by atoms with van der Waals surface area (Å²) in [6, 6.07) is 7.18. The van der Waals surface area contributed by atoms with E-state index < -0.39 is 11.8 Å². The van der Waals surface area contributed by atoms with Gasteiger partial charge in [-0.05, 0) is 37.7 Å². The predicted octanol–water partition coefficient (Wildman–Crippen LogP) is 4.18. The number of benzene rings is 1. The minimum atomic E-state index is -0.608. The molecule has 0 atom stereocenters. The van der Waals surface area contributed by atoms with E-state index in [2.05, 4.69) is 32.3 Å². The molecule has 0 aliphatic heterocycles. The fourth-order valence-corrected chi connectivity index (χ4v) is 2.94. The van der Waals surface area contributed by atoms with Gasteiger partial charge in [-0.2, -0.15) is 0 Å². The normalized spacial score (nSPS) is 10.9. The molecule has 0 spiro atoms. The van der Waals surface area contributed by atoms with Crippen LogP contribution in [0.1, 0.15) is 18.4 Å². The van der Waals surface area contributed by atoms with E-state index in [1.165, 1.54) is 29.2 Å². The molecule has 4 aromatic rings. The minimum Gasteiger partial charge on any atom is -0.436 e. The second-order valence-corrected chi connectivity index (χ2v) is 6.76. The van der Waals surface area contributed by atoms with Crippen LogP contribution in [0.5, 0.6) is 11.6 Å². The summed E-state index contributed by atoms with van der Waals surface area (Å²) in [4.78, 5) is 20.7. The molecular formula is C21H19FN6O3. The smallest absolute Gasteiger partial charge is 0.331 e. The number of aromatic nitrogens is 4. The monoisotopic (exact) mass is 422 g/mol. The van der Waals surface area contributed by atoms with E-state index in [1.807, 2.05) is 0 Å². The molecule has 0 aliphatic rings. The van der Waals surface area contributed by atoms with Crippen molar-refractivity contribution in [3.05, 3.63) is 66.7 Å². The third-order valence-electron chi connectivity index (χ3n) is 4.43. The van der Waals surface area contributed by atoms with E-state index in [0.29, 0.717) is 29.1 Å². The summed E-state index contributed by atoms with van der Waals surface area (Å²) >= 11 is 0.